The van der Waals surface area contributed by atoms with Crippen LogP contribution >= 0.6 is 11.3 Å². The molecule has 1 heterocycles. The highest BCUT2D eigenvalue weighted by Gasteiger charge is 2.37. The van der Waals surface area contributed by atoms with Crippen molar-refractivity contribution in [2.45, 2.75) is 51.6 Å². The van der Waals surface area contributed by atoms with Crippen LogP contribution in [0.4, 0.5) is 13.2 Å². The smallest absolute Gasteiger partial charge is 0.246 e. The topological polar surface area (TPSA) is 60.5 Å². The summed E-state index contributed by atoms with van der Waals surface area (Å²) in [5, 5.41) is 20.8. The Morgan fingerprint density at radius 1 is 1.14 bits per heavy atom. The molecule has 0 aliphatic carbocycles. The van der Waals surface area contributed by atoms with Crippen molar-refractivity contribution in [1.82, 2.24) is 4.98 Å². The van der Waals surface area contributed by atoms with E-state index in [-0.39, 0.29) is 11.8 Å². The molecule has 0 amide bonds. The fourth-order valence-corrected chi connectivity index (χ4v) is 2.61. The Hall–Kier alpha value is -1.60. The lowest BCUT2D eigenvalue weighted by molar-refractivity contribution is -0.138. The maximum Gasteiger partial charge on any atom is 0.389 e. The molecule has 0 N–H and O–H groups in total. The van der Waals surface area contributed by atoms with E-state index in [4.69, 9.17) is 10.5 Å². The van der Waals surface area contributed by atoms with Gasteiger partial charge in [0, 0.05) is 23.6 Å². The highest BCUT2D eigenvalue weighted by atomic mass is 32.1. The maximum atomic E-state index is 12.3. The molecule has 0 aliphatic heterocycles. The van der Waals surface area contributed by atoms with Crippen molar-refractivity contribution in [2.75, 3.05) is 0 Å². The number of alkyl halides is 3. The van der Waals surface area contributed by atoms with E-state index in [0.29, 0.717) is 5.69 Å². The molecule has 114 valence electrons. The van der Waals surface area contributed by atoms with Gasteiger partial charge in [0.25, 0.3) is 0 Å². The van der Waals surface area contributed by atoms with E-state index in [2.05, 4.69) is 4.98 Å². The summed E-state index contributed by atoms with van der Waals surface area (Å²) in [6, 6.07) is 3.48. The number of thiazole rings is 1. The number of rotatable bonds is 4. The van der Waals surface area contributed by atoms with Gasteiger partial charge >= 0.3 is 6.18 Å². The summed E-state index contributed by atoms with van der Waals surface area (Å²) < 4.78 is 37.0. The number of nitriles is 2. The lowest BCUT2D eigenvalue weighted by Gasteiger charge is -2.18. The van der Waals surface area contributed by atoms with Crippen molar-refractivity contribution in [3.8, 4) is 12.1 Å². The summed E-state index contributed by atoms with van der Waals surface area (Å²) >= 11 is 1.39. The lowest BCUT2D eigenvalue weighted by Crippen LogP contribution is -2.23. The maximum absolute atomic E-state index is 12.3. The highest BCUT2D eigenvalue weighted by molar-refractivity contribution is 7.09. The fraction of sp³-hybridized carbons (Fsp3) is 0.643. The molecule has 3 nitrogen and oxygen atoms in total. The fourth-order valence-electron chi connectivity index (χ4n) is 1.70. The molecule has 0 aliphatic rings. The molecule has 0 spiro atoms. The van der Waals surface area contributed by atoms with Crippen LogP contribution in [0.25, 0.3) is 0 Å². The Morgan fingerprint density at radius 2 is 1.71 bits per heavy atom. The van der Waals surface area contributed by atoms with E-state index in [1.54, 1.807) is 17.5 Å². The van der Waals surface area contributed by atoms with Crippen molar-refractivity contribution in [3.05, 3.63) is 16.1 Å². The average Bonchev–Trinajstić information content (AvgIpc) is 2.82. The Labute approximate surface area is 126 Å². The largest absolute Gasteiger partial charge is 0.389 e. The number of aromatic nitrogens is 1. The second kappa shape index (κ2) is 6.03. The van der Waals surface area contributed by atoms with Gasteiger partial charge in [0.2, 0.25) is 0 Å². The molecule has 1 aromatic rings. The molecule has 0 aromatic carbocycles. The number of hydrogen-bond acceptors (Lipinski definition) is 4. The second-order valence-corrected chi connectivity index (χ2v) is 6.85. The minimum Gasteiger partial charge on any atom is -0.246 e. The minimum atomic E-state index is -4.38. The summed E-state index contributed by atoms with van der Waals surface area (Å²) in [5.74, 6) is 0. The van der Waals surface area contributed by atoms with Gasteiger partial charge in [0.05, 0.1) is 22.8 Å². The normalized spacial score (nSPS) is 12.8. The first-order chi connectivity index (χ1) is 9.51. The van der Waals surface area contributed by atoms with Gasteiger partial charge in [-0.3, -0.25) is 0 Å². The third-order valence-electron chi connectivity index (χ3n) is 2.94. The van der Waals surface area contributed by atoms with E-state index >= 15 is 0 Å². The molecule has 0 unspecified atom stereocenters. The van der Waals surface area contributed by atoms with Crippen molar-refractivity contribution in [2.24, 2.45) is 5.41 Å². The lowest BCUT2D eigenvalue weighted by atomic mass is 9.82. The van der Waals surface area contributed by atoms with Crippen LogP contribution < -0.4 is 0 Å². The van der Waals surface area contributed by atoms with E-state index in [0.717, 1.165) is 5.01 Å². The molecular formula is C14H16F3N3S. The molecule has 0 saturated heterocycles. The first-order valence-corrected chi connectivity index (χ1v) is 7.23. The van der Waals surface area contributed by atoms with Crippen LogP contribution in [0, 0.1) is 28.1 Å². The van der Waals surface area contributed by atoms with Gasteiger partial charge in [-0.25, -0.2) is 4.98 Å². The van der Waals surface area contributed by atoms with Crippen molar-refractivity contribution in [1.29, 1.82) is 10.5 Å². The van der Waals surface area contributed by atoms with Crippen molar-refractivity contribution < 1.29 is 13.2 Å². The van der Waals surface area contributed by atoms with Gasteiger partial charge in [-0.2, -0.15) is 23.7 Å². The molecule has 7 heteroatoms. The zero-order valence-electron chi connectivity index (χ0n) is 12.1. The third kappa shape index (κ3) is 5.02. The Morgan fingerprint density at radius 3 is 2.10 bits per heavy atom. The van der Waals surface area contributed by atoms with E-state index in [1.807, 2.05) is 20.8 Å². The summed E-state index contributed by atoms with van der Waals surface area (Å²) in [6.45, 7) is 5.92. The van der Waals surface area contributed by atoms with Crippen LogP contribution in [0.1, 0.15) is 44.3 Å². The predicted molar refractivity (Wildman–Crippen MR) is 73.5 cm³/mol. The summed E-state index contributed by atoms with van der Waals surface area (Å²) in [7, 11) is 0. The second-order valence-electron chi connectivity index (χ2n) is 5.99. The van der Waals surface area contributed by atoms with Crippen LogP contribution in [0.3, 0.4) is 0 Å². The summed E-state index contributed by atoms with van der Waals surface area (Å²) in [5.41, 5.74) is -1.36. The van der Waals surface area contributed by atoms with Crippen LogP contribution in [-0.2, 0) is 11.8 Å². The van der Waals surface area contributed by atoms with E-state index < -0.39 is 24.4 Å². The van der Waals surface area contributed by atoms with Gasteiger partial charge in [-0.15, -0.1) is 11.3 Å². The predicted octanol–water partition coefficient (Wildman–Crippen LogP) is 4.36. The molecule has 0 radical (unpaired) electrons. The van der Waals surface area contributed by atoms with Crippen LogP contribution in [0.5, 0.6) is 0 Å². The van der Waals surface area contributed by atoms with Crippen LogP contribution in [0.15, 0.2) is 5.38 Å². The first kappa shape index (κ1) is 17.5. The summed E-state index contributed by atoms with van der Waals surface area (Å²) in [4.78, 5) is 4.34. The zero-order chi connectivity index (χ0) is 16.3. The monoisotopic (exact) mass is 315 g/mol. The zero-order valence-corrected chi connectivity index (χ0v) is 12.9. The molecule has 0 saturated carbocycles. The quantitative estimate of drug-likeness (QED) is 0.829. The molecular weight excluding hydrogens is 299 g/mol. The molecule has 1 rings (SSSR count). The van der Waals surface area contributed by atoms with Gasteiger partial charge in [0.15, 0.2) is 0 Å². The van der Waals surface area contributed by atoms with E-state index in [9.17, 15) is 13.2 Å². The van der Waals surface area contributed by atoms with Gasteiger partial charge in [-0.05, 0) is 6.42 Å². The Kier molecular flexibility index (Phi) is 5.01. The van der Waals surface area contributed by atoms with Gasteiger partial charge in [0.1, 0.15) is 5.41 Å². The average molecular weight is 315 g/mol. The minimum absolute atomic E-state index is 0.0807. The van der Waals surface area contributed by atoms with E-state index in [1.165, 1.54) is 11.3 Å². The number of nitrogens with zero attached hydrogens (tertiary/aromatic N) is 3. The van der Waals surface area contributed by atoms with Crippen LogP contribution in [-0.4, -0.2) is 11.2 Å². The standard InChI is InChI=1S/C14H16F3N3S/c1-12(2,3)11-20-10(7-21-11)6-13(8-18,9-19)4-5-14(15,16)17/h7H,4-6H2,1-3H3. The van der Waals surface area contributed by atoms with Crippen molar-refractivity contribution >= 4 is 11.3 Å². The number of hydrogen-bond donors (Lipinski definition) is 0. The van der Waals surface area contributed by atoms with Gasteiger partial charge < -0.3 is 0 Å². The molecule has 0 bridgehead atoms. The highest BCUT2D eigenvalue weighted by Crippen LogP contribution is 2.34. The number of halogens is 3. The molecule has 1 aromatic heterocycles. The van der Waals surface area contributed by atoms with Crippen LogP contribution in [0.2, 0.25) is 0 Å². The van der Waals surface area contributed by atoms with Crippen molar-refractivity contribution in [3.63, 3.8) is 0 Å². The Balaban J connectivity index is 2.92. The first-order valence-electron chi connectivity index (χ1n) is 6.35. The molecule has 21 heavy (non-hydrogen) atoms. The Bertz CT molecular complexity index is 556. The molecule has 0 atom stereocenters. The molecule has 0 fully saturated rings. The van der Waals surface area contributed by atoms with Gasteiger partial charge in [-0.1, -0.05) is 20.8 Å². The summed E-state index contributed by atoms with van der Waals surface area (Å²) in [6.07, 6.45) is -6.14. The SMILES string of the molecule is CC(C)(C)c1nc(CC(C#N)(C#N)CCC(F)(F)F)cs1. The third-order valence-corrected chi connectivity index (χ3v) is 4.26.